The molecule has 1 aromatic rings. The van der Waals surface area contributed by atoms with E-state index in [9.17, 15) is 4.79 Å². The van der Waals surface area contributed by atoms with Crippen LogP contribution in [0.5, 0.6) is 0 Å². The molecule has 1 fully saturated rings. The first-order valence-electron chi connectivity index (χ1n) is 8.86. The Kier molecular flexibility index (Phi) is 6.68. The van der Waals surface area contributed by atoms with E-state index in [0.29, 0.717) is 12.6 Å². The number of carbonyl (C=O) groups excluding carboxylic acids is 1. The van der Waals surface area contributed by atoms with Crippen LogP contribution < -0.4 is 10.2 Å². The Labute approximate surface area is 140 Å². The predicted octanol–water partition coefficient (Wildman–Crippen LogP) is 3.40. The number of amides is 2. The van der Waals surface area contributed by atoms with Crippen molar-refractivity contribution < 1.29 is 4.79 Å². The molecule has 5 heteroatoms. The van der Waals surface area contributed by atoms with Gasteiger partial charge in [-0.15, -0.1) is 0 Å². The molecule has 1 aliphatic rings. The van der Waals surface area contributed by atoms with Crippen molar-refractivity contribution in [3.63, 3.8) is 0 Å². The number of nitrogens with zero attached hydrogens (tertiary/aromatic N) is 3. The van der Waals surface area contributed by atoms with E-state index in [1.807, 2.05) is 30.3 Å². The van der Waals surface area contributed by atoms with Gasteiger partial charge in [-0.1, -0.05) is 25.3 Å². The molecule has 0 aliphatic heterocycles. The number of aromatic nitrogens is 1. The fourth-order valence-electron chi connectivity index (χ4n) is 3.19. The first-order chi connectivity index (χ1) is 11.2. The van der Waals surface area contributed by atoms with Crippen LogP contribution in [-0.4, -0.2) is 42.1 Å². The first-order valence-corrected chi connectivity index (χ1v) is 8.86. The lowest BCUT2D eigenvalue weighted by Gasteiger charge is -2.31. The molecule has 128 valence electrons. The van der Waals surface area contributed by atoms with E-state index in [-0.39, 0.29) is 6.03 Å². The summed E-state index contributed by atoms with van der Waals surface area (Å²) in [6.07, 6.45) is 7.89. The normalized spacial score (nSPS) is 15.3. The van der Waals surface area contributed by atoms with Crippen molar-refractivity contribution in [2.45, 2.75) is 58.5 Å². The lowest BCUT2D eigenvalue weighted by Crippen LogP contribution is -2.44. The van der Waals surface area contributed by atoms with Crippen LogP contribution in [0.2, 0.25) is 0 Å². The predicted molar refractivity (Wildman–Crippen MR) is 94.7 cm³/mol. The zero-order chi connectivity index (χ0) is 16.7. The van der Waals surface area contributed by atoms with Crippen molar-refractivity contribution in [1.82, 2.24) is 15.2 Å². The number of anilines is 1. The molecule has 0 aromatic carbocycles. The second kappa shape index (κ2) is 8.75. The molecule has 1 N–H and O–H groups in total. The molecule has 1 aromatic heterocycles. The van der Waals surface area contributed by atoms with Gasteiger partial charge < -0.3 is 15.1 Å². The van der Waals surface area contributed by atoms with Crippen molar-refractivity contribution in [2.24, 2.45) is 0 Å². The van der Waals surface area contributed by atoms with Crippen molar-refractivity contribution in [2.75, 3.05) is 25.0 Å². The Bertz CT molecular complexity index is 478. The maximum atomic E-state index is 12.3. The molecule has 5 nitrogen and oxygen atoms in total. The molecule has 1 heterocycles. The molecule has 1 aliphatic carbocycles. The number of hydrogen-bond donors (Lipinski definition) is 1. The minimum atomic E-state index is 0.0183. The summed E-state index contributed by atoms with van der Waals surface area (Å²) in [5, 5.41) is 3.01. The molecule has 2 rings (SSSR count). The lowest BCUT2D eigenvalue weighted by atomic mass is 9.95. The lowest BCUT2D eigenvalue weighted by molar-refractivity contribution is 0.173. The summed E-state index contributed by atoms with van der Waals surface area (Å²) in [7, 11) is 1.91. The third-order valence-electron chi connectivity index (χ3n) is 4.78. The van der Waals surface area contributed by atoms with Gasteiger partial charge in [0, 0.05) is 38.9 Å². The Morgan fingerprint density at radius 2 is 1.91 bits per heavy atom. The van der Waals surface area contributed by atoms with Crippen LogP contribution in [0, 0.1) is 0 Å². The number of hydrogen-bond acceptors (Lipinski definition) is 3. The zero-order valence-electron chi connectivity index (χ0n) is 14.7. The van der Waals surface area contributed by atoms with Crippen LogP contribution in [0.15, 0.2) is 18.3 Å². The SMILES string of the molecule is CCN(CC)c1ccc(CNC(=O)N(C)C2CCCCC2)cn1. The number of carbonyl (C=O) groups is 1. The monoisotopic (exact) mass is 318 g/mol. The van der Waals surface area contributed by atoms with Gasteiger partial charge in [-0.25, -0.2) is 9.78 Å². The average Bonchev–Trinajstić information content (AvgIpc) is 2.62. The highest BCUT2D eigenvalue weighted by molar-refractivity contribution is 5.74. The molecule has 23 heavy (non-hydrogen) atoms. The Morgan fingerprint density at radius 3 is 2.48 bits per heavy atom. The third kappa shape index (κ3) is 4.85. The van der Waals surface area contributed by atoms with Gasteiger partial charge in [0.2, 0.25) is 0 Å². The minimum absolute atomic E-state index is 0.0183. The highest BCUT2D eigenvalue weighted by Gasteiger charge is 2.21. The van der Waals surface area contributed by atoms with E-state index in [4.69, 9.17) is 0 Å². The van der Waals surface area contributed by atoms with Gasteiger partial charge in [-0.2, -0.15) is 0 Å². The Hall–Kier alpha value is -1.78. The quantitative estimate of drug-likeness (QED) is 0.874. The summed E-state index contributed by atoms with van der Waals surface area (Å²) in [6, 6.07) is 4.48. The Morgan fingerprint density at radius 1 is 1.22 bits per heavy atom. The van der Waals surface area contributed by atoms with Gasteiger partial charge in [0.25, 0.3) is 0 Å². The Balaban J connectivity index is 1.83. The summed E-state index contributed by atoms with van der Waals surface area (Å²) in [5.41, 5.74) is 1.03. The van der Waals surface area contributed by atoms with Gasteiger partial charge in [-0.3, -0.25) is 0 Å². The fraction of sp³-hybridized carbons (Fsp3) is 0.667. The van der Waals surface area contributed by atoms with Crippen LogP contribution in [0.1, 0.15) is 51.5 Å². The molecule has 0 saturated heterocycles. The second-order valence-electron chi connectivity index (χ2n) is 6.26. The van der Waals surface area contributed by atoms with Gasteiger partial charge in [0.1, 0.15) is 5.82 Å². The van der Waals surface area contributed by atoms with Crippen LogP contribution >= 0.6 is 0 Å². The highest BCUT2D eigenvalue weighted by Crippen LogP contribution is 2.21. The van der Waals surface area contributed by atoms with Crippen molar-refractivity contribution in [3.05, 3.63) is 23.9 Å². The summed E-state index contributed by atoms with van der Waals surface area (Å²) in [5.74, 6) is 0.990. The molecule has 0 spiro atoms. The van der Waals surface area contributed by atoms with Crippen molar-refractivity contribution in [1.29, 1.82) is 0 Å². The standard InChI is InChI=1S/C18H30N4O/c1-4-22(5-2)17-12-11-15(13-19-17)14-20-18(23)21(3)16-9-7-6-8-10-16/h11-13,16H,4-10,14H2,1-3H3,(H,20,23). The molecule has 1 saturated carbocycles. The smallest absolute Gasteiger partial charge is 0.317 e. The van der Waals surface area contributed by atoms with E-state index in [2.05, 4.69) is 29.0 Å². The number of nitrogens with one attached hydrogen (secondary N) is 1. The van der Waals surface area contributed by atoms with Crippen LogP contribution in [0.3, 0.4) is 0 Å². The number of urea groups is 1. The minimum Gasteiger partial charge on any atom is -0.357 e. The van der Waals surface area contributed by atoms with E-state index in [1.54, 1.807) is 0 Å². The number of rotatable bonds is 6. The van der Waals surface area contributed by atoms with E-state index >= 15 is 0 Å². The molecule has 0 atom stereocenters. The molecule has 2 amide bonds. The second-order valence-corrected chi connectivity index (χ2v) is 6.26. The molecule has 0 bridgehead atoms. The van der Waals surface area contributed by atoms with Crippen molar-refractivity contribution in [3.8, 4) is 0 Å². The molecule has 0 radical (unpaired) electrons. The van der Waals surface area contributed by atoms with Crippen LogP contribution in [0.25, 0.3) is 0 Å². The zero-order valence-corrected chi connectivity index (χ0v) is 14.7. The maximum absolute atomic E-state index is 12.3. The summed E-state index contributed by atoms with van der Waals surface area (Å²) in [6.45, 7) is 6.68. The molecule has 0 unspecified atom stereocenters. The van der Waals surface area contributed by atoms with E-state index < -0.39 is 0 Å². The van der Waals surface area contributed by atoms with Crippen LogP contribution in [-0.2, 0) is 6.54 Å². The summed E-state index contributed by atoms with van der Waals surface area (Å²) < 4.78 is 0. The van der Waals surface area contributed by atoms with Gasteiger partial charge in [0.15, 0.2) is 0 Å². The van der Waals surface area contributed by atoms with Crippen molar-refractivity contribution >= 4 is 11.8 Å². The topological polar surface area (TPSA) is 48.5 Å². The summed E-state index contributed by atoms with van der Waals surface area (Å²) >= 11 is 0. The number of pyridine rings is 1. The van der Waals surface area contributed by atoms with Gasteiger partial charge >= 0.3 is 6.03 Å². The first kappa shape index (κ1) is 17.6. The molecular formula is C18H30N4O. The van der Waals surface area contributed by atoms with Gasteiger partial charge in [-0.05, 0) is 38.3 Å². The summed E-state index contributed by atoms with van der Waals surface area (Å²) in [4.78, 5) is 20.8. The van der Waals surface area contributed by atoms with Crippen LogP contribution in [0.4, 0.5) is 10.6 Å². The fourth-order valence-corrected chi connectivity index (χ4v) is 3.19. The highest BCUT2D eigenvalue weighted by atomic mass is 16.2. The third-order valence-corrected chi connectivity index (χ3v) is 4.78. The largest absolute Gasteiger partial charge is 0.357 e. The molecular weight excluding hydrogens is 288 g/mol. The average molecular weight is 318 g/mol. The van der Waals surface area contributed by atoms with Gasteiger partial charge in [0.05, 0.1) is 0 Å². The van der Waals surface area contributed by atoms with E-state index in [1.165, 1.54) is 19.3 Å². The maximum Gasteiger partial charge on any atom is 0.317 e. The van der Waals surface area contributed by atoms with E-state index in [0.717, 1.165) is 37.3 Å².